The Hall–Kier alpha value is -3.13. The first kappa shape index (κ1) is 25.0. The van der Waals surface area contributed by atoms with E-state index in [1.54, 1.807) is 0 Å². The number of hydrogen-bond acceptors (Lipinski definition) is 7. The third kappa shape index (κ3) is 5.27. The van der Waals surface area contributed by atoms with Gasteiger partial charge in [0.1, 0.15) is 10.0 Å². The SMILES string of the molecule is CS(=O)(=O)c1ccc2c(c1)C(=O)N(c1ccc(NC(=O)NS(=O)c3ccc(Cl)s3)cc1F)C(=O)C2. The molecule has 0 saturated carbocycles. The number of urea groups is 1. The van der Waals surface area contributed by atoms with Crippen LogP contribution in [-0.2, 0) is 32.0 Å². The van der Waals surface area contributed by atoms with Crippen LogP contribution in [-0.4, -0.2) is 36.7 Å². The van der Waals surface area contributed by atoms with E-state index in [0.717, 1.165) is 35.8 Å². The summed E-state index contributed by atoms with van der Waals surface area (Å²) in [4.78, 5) is 38.3. The van der Waals surface area contributed by atoms with Gasteiger partial charge in [0.25, 0.3) is 5.91 Å². The highest BCUT2D eigenvalue weighted by Gasteiger charge is 2.34. The van der Waals surface area contributed by atoms with E-state index in [1.807, 2.05) is 0 Å². The Labute approximate surface area is 210 Å². The second-order valence-corrected chi connectivity index (χ2v) is 12.5. The minimum atomic E-state index is -3.61. The Bertz CT molecular complexity index is 1520. The fourth-order valence-corrected chi connectivity index (χ4v) is 6.08. The lowest BCUT2D eigenvalue weighted by molar-refractivity contribution is -0.117. The Morgan fingerprint density at radius 1 is 1.14 bits per heavy atom. The Kier molecular flexibility index (Phi) is 6.77. The lowest BCUT2D eigenvalue weighted by Crippen LogP contribution is -2.43. The van der Waals surface area contributed by atoms with Gasteiger partial charge in [-0.15, -0.1) is 11.3 Å². The van der Waals surface area contributed by atoms with Crippen molar-refractivity contribution >= 4 is 73.0 Å². The molecule has 182 valence electrons. The largest absolute Gasteiger partial charge is 0.331 e. The van der Waals surface area contributed by atoms with Crippen molar-refractivity contribution in [3.63, 3.8) is 0 Å². The smallest absolute Gasteiger partial charge is 0.307 e. The maximum absolute atomic E-state index is 14.9. The number of nitrogens with zero attached hydrogens (tertiary/aromatic N) is 1. The van der Waals surface area contributed by atoms with E-state index in [0.29, 0.717) is 19.0 Å². The van der Waals surface area contributed by atoms with Gasteiger partial charge in [0.05, 0.1) is 21.3 Å². The highest BCUT2D eigenvalue weighted by atomic mass is 35.5. The Balaban J connectivity index is 1.54. The van der Waals surface area contributed by atoms with Crippen LogP contribution in [0, 0.1) is 5.82 Å². The molecule has 1 unspecified atom stereocenters. The molecule has 0 bridgehead atoms. The van der Waals surface area contributed by atoms with E-state index in [2.05, 4.69) is 10.0 Å². The number of amides is 4. The maximum atomic E-state index is 14.9. The van der Waals surface area contributed by atoms with Crippen molar-refractivity contribution < 1.29 is 31.4 Å². The van der Waals surface area contributed by atoms with Gasteiger partial charge in [0.15, 0.2) is 20.8 Å². The monoisotopic (exact) mass is 555 g/mol. The zero-order chi connectivity index (χ0) is 25.5. The standard InChI is InChI=1S/C21H15ClFN3O6S3/c1-35(31,32)13-4-2-11-8-18(27)26(20(28)14(11)10-13)16-5-3-12(9-15(16)23)24-21(29)25-34(30)19-7-6-17(22)33-19/h2-7,9-10H,8H2,1H3,(H2,24,25,29). The van der Waals surface area contributed by atoms with Crippen LogP contribution in [0.4, 0.5) is 20.6 Å². The van der Waals surface area contributed by atoms with Crippen LogP contribution in [0.15, 0.2) is 57.6 Å². The Morgan fingerprint density at radius 3 is 2.51 bits per heavy atom. The summed E-state index contributed by atoms with van der Waals surface area (Å²) in [7, 11) is -5.49. The molecule has 0 saturated heterocycles. The second kappa shape index (κ2) is 9.49. The molecule has 4 rings (SSSR count). The number of halogens is 2. The number of carbonyl (C=O) groups is 3. The first-order chi connectivity index (χ1) is 16.4. The van der Waals surface area contributed by atoms with Gasteiger partial charge in [-0.25, -0.2) is 26.7 Å². The molecule has 35 heavy (non-hydrogen) atoms. The van der Waals surface area contributed by atoms with Crippen LogP contribution in [0.2, 0.25) is 4.34 Å². The van der Waals surface area contributed by atoms with Crippen LogP contribution in [0.25, 0.3) is 0 Å². The molecule has 1 aliphatic heterocycles. The highest BCUT2D eigenvalue weighted by molar-refractivity contribution is 7.90. The van der Waals surface area contributed by atoms with Crippen LogP contribution in [0.3, 0.4) is 0 Å². The molecule has 1 aromatic heterocycles. The van der Waals surface area contributed by atoms with Crippen molar-refractivity contribution in [1.29, 1.82) is 0 Å². The summed E-state index contributed by atoms with van der Waals surface area (Å²) in [6, 6.07) is 9.25. The third-order valence-electron chi connectivity index (χ3n) is 4.90. The quantitative estimate of drug-likeness (QED) is 0.463. The number of benzene rings is 2. The number of thiophene rings is 1. The summed E-state index contributed by atoms with van der Waals surface area (Å²) in [5.74, 6) is -2.56. The normalized spacial score (nSPS) is 14.4. The minimum Gasteiger partial charge on any atom is -0.307 e. The van der Waals surface area contributed by atoms with Gasteiger partial charge in [0, 0.05) is 17.5 Å². The molecule has 2 heterocycles. The van der Waals surface area contributed by atoms with Crippen molar-refractivity contribution in [2.24, 2.45) is 0 Å². The van der Waals surface area contributed by atoms with Crippen molar-refractivity contribution in [3.05, 3.63) is 69.8 Å². The zero-order valence-electron chi connectivity index (χ0n) is 17.7. The third-order valence-corrected chi connectivity index (χ3v) is 8.61. The summed E-state index contributed by atoms with van der Waals surface area (Å²) in [6.45, 7) is 0. The molecule has 2 aromatic carbocycles. The lowest BCUT2D eigenvalue weighted by atomic mass is 9.98. The summed E-state index contributed by atoms with van der Waals surface area (Å²) in [5, 5.41) is 2.32. The van der Waals surface area contributed by atoms with Gasteiger partial charge < -0.3 is 5.32 Å². The molecule has 0 radical (unpaired) electrons. The average molecular weight is 556 g/mol. The fraction of sp³-hybridized carbons (Fsp3) is 0.0952. The summed E-state index contributed by atoms with van der Waals surface area (Å²) in [6.07, 6.45) is 0.753. The molecule has 0 fully saturated rings. The van der Waals surface area contributed by atoms with E-state index in [1.165, 1.54) is 30.3 Å². The number of nitrogens with one attached hydrogen (secondary N) is 2. The number of imide groups is 1. The topological polar surface area (TPSA) is 130 Å². The van der Waals surface area contributed by atoms with Crippen molar-refractivity contribution in [3.8, 4) is 0 Å². The van der Waals surface area contributed by atoms with E-state index in [-0.39, 0.29) is 28.3 Å². The zero-order valence-corrected chi connectivity index (χ0v) is 20.9. The van der Waals surface area contributed by atoms with Crippen LogP contribution in [0.5, 0.6) is 0 Å². The molecule has 1 aliphatic rings. The maximum Gasteiger partial charge on any atom is 0.331 e. The molecule has 0 aliphatic carbocycles. The number of rotatable bonds is 5. The van der Waals surface area contributed by atoms with Crippen molar-refractivity contribution in [2.45, 2.75) is 15.5 Å². The first-order valence-corrected chi connectivity index (χ1v) is 13.9. The fourth-order valence-electron chi connectivity index (χ4n) is 3.31. The van der Waals surface area contributed by atoms with Gasteiger partial charge in [-0.1, -0.05) is 17.7 Å². The predicted octanol–water partition coefficient (Wildman–Crippen LogP) is 3.52. The number of hydrogen-bond donors (Lipinski definition) is 2. The predicted molar refractivity (Wildman–Crippen MR) is 129 cm³/mol. The molecule has 2 N–H and O–H groups in total. The first-order valence-electron chi connectivity index (χ1n) is 9.68. The average Bonchev–Trinajstić information content (AvgIpc) is 3.20. The van der Waals surface area contributed by atoms with E-state index in [4.69, 9.17) is 11.6 Å². The minimum absolute atomic E-state index is 0.0235. The molecule has 9 nitrogen and oxygen atoms in total. The summed E-state index contributed by atoms with van der Waals surface area (Å²) >= 11 is 6.80. The van der Waals surface area contributed by atoms with Crippen LogP contribution >= 0.6 is 22.9 Å². The lowest BCUT2D eigenvalue weighted by Gasteiger charge is -2.27. The summed E-state index contributed by atoms with van der Waals surface area (Å²) in [5.41, 5.74) is -0.0801. The molecular formula is C21H15ClFN3O6S3. The molecule has 14 heteroatoms. The number of anilines is 2. The van der Waals surface area contributed by atoms with E-state index in [9.17, 15) is 31.4 Å². The van der Waals surface area contributed by atoms with Gasteiger partial charge in [-0.2, -0.15) is 0 Å². The van der Waals surface area contributed by atoms with Gasteiger partial charge in [-0.3, -0.25) is 14.3 Å². The van der Waals surface area contributed by atoms with Crippen molar-refractivity contribution in [1.82, 2.24) is 4.72 Å². The molecule has 1 atom stereocenters. The summed E-state index contributed by atoms with van der Waals surface area (Å²) < 4.78 is 53.7. The second-order valence-electron chi connectivity index (χ2n) is 7.35. The number of sulfone groups is 1. The van der Waals surface area contributed by atoms with E-state index < -0.39 is 44.5 Å². The molecule has 3 aromatic rings. The van der Waals surface area contributed by atoms with Crippen molar-refractivity contribution in [2.75, 3.05) is 16.5 Å². The number of fused-ring (bicyclic) bond motifs is 1. The molecule has 4 amide bonds. The number of carbonyl (C=O) groups excluding carboxylic acids is 3. The molecule has 0 spiro atoms. The van der Waals surface area contributed by atoms with Gasteiger partial charge in [-0.05, 0) is 48.0 Å². The van der Waals surface area contributed by atoms with Crippen LogP contribution in [0.1, 0.15) is 15.9 Å². The Morgan fingerprint density at radius 2 is 1.89 bits per heavy atom. The highest BCUT2D eigenvalue weighted by Crippen LogP contribution is 2.30. The van der Waals surface area contributed by atoms with Gasteiger partial charge >= 0.3 is 6.03 Å². The molecular weight excluding hydrogens is 541 g/mol. The van der Waals surface area contributed by atoms with Gasteiger partial charge in [0.2, 0.25) is 5.91 Å². The van der Waals surface area contributed by atoms with Crippen LogP contribution < -0.4 is 14.9 Å². The van der Waals surface area contributed by atoms with E-state index >= 15 is 0 Å².